The predicted molar refractivity (Wildman–Crippen MR) is 78.3 cm³/mol. The summed E-state index contributed by atoms with van der Waals surface area (Å²) in [6.45, 7) is 4.35. The molecule has 1 heterocycles. The third-order valence-corrected chi connectivity index (χ3v) is 4.09. The first-order valence-corrected chi connectivity index (χ1v) is 7.14. The van der Waals surface area contributed by atoms with Crippen molar-refractivity contribution in [3.8, 4) is 6.07 Å². The zero-order chi connectivity index (χ0) is 13.1. The topological polar surface area (TPSA) is 48.2 Å². The Balaban J connectivity index is 2.09. The number of rotatable bonds is 2. The van der Waals surface area contributed by atoms with Gasteiger partial charge in [-0.1, -0.05) is 37.2 Å². The van der Waals surface area contributed by atoms with Gasteiger partial charge >= 0.3 is 0 Å². The van der Waals surface area contributed by atoms with Gasteiger partial charge in [0.1, 0.15) is 6.07 Å². The molecule has 0 unspecified atom stereocenters. The third-order valence-electron chi connectivity index (χ3n) is 2.78. The van der Waals surface area contributed by atoms with Crippen LogP contribution < -0.4 is 5.32 Å². The first-order valence-electron chi connectivity index (χ1n) is 5.77. The maximum atomic E-state index is 8.81. The lowest BCUT2D eigenvalue weighted by Gasteiger charge is -2.08. The van der Waals surface area contributed by atoms with Gasteiger partial charge in [-0.3, -0.25) is 4.99 Å². The van der Waals surface area contributed by atoms with Gasteiger partial charge in [0.05, 0.1) is 16.6 Å². The highest BCUT2D eigenvalue weighted by Gasteiger charge is 2.21. The van der Waals surface area contributed by atoms with Crippen LogP contribution in [0.4, 0.5) is 5.69 Å². The fourth-order valence-electron chi connectivity index (χ4n) is 1.61. The molecule has 0 spiro atoms. The molecule has 3 nitrogen and oxygen atoms in total. The number of hydrogen-bond acceptors (Lipinski definition) is 4. The molecular formula is C13H14ClN3S. The molecule has 1 aliphatic rings. The number of nitrogens with zero attached hydrogens (tertiary/aromatic N) is 2. The molecule has 0 saturated heterocycles. The molecule has 0 radical (unpaired) electrons. The Kier molecular flexibility index (Phi) is 4.15. The highest BCUT2D eigenvalue weighted by atomic mass is 35.5. The quantitative estimate of drug-likeness (QED) is 0.897. The maximum absolute atomic E-state index is 8.81. The number of thioether (sulfide) groups is 1. The second-order valence-electron chi connectivity index (χ2n) is 4.49. The van der Waals surface area contributed by atoms with Crippen molar-refractivity contribution >= 4 is 34.2 Å². The van der Waals surface area contributed by atoms with Crippen LogP contribution in [0.1, 0.15) is 19.4 Å². The summed E-state index contributed by atoms with van der Waals surface area (Å²) in [6.07, 6.45) is 0. The average Bonchev–Trinajstić information content (AvgIpc) is 2.78. The summed E-state index contributed by atoms with van der Waals surface area (Å²) < 4.78 is 0. The van der Waals surface area contributed by atoms with Crippen LogP contribution in [0.15, 0.2) is 23.2 Å². The first kappa shape index (κ1) is 13.3. The van der Waals surface area contributed by atoms with E-state index in [1.165, 1.54) is 0 Å². The lowest BCUT2D eigenvalue weighted by molar-refractivity contribution is 0.543. The Morgan fingerprint density at radius 3 is 2.89 bits per heavy atom. The summed E-state index contributed by atoms with van der Waals surface area (Å²) in [5.41, 5.74) is 1.36. The molecule has 0 aromatic heterocycles. The summed E-state index contributed by atoms with van der Waals surface area (Å²) in [5.74, 6) is 1.57. The van der Waals surface area contributed by atoms with Crippen LogP contribution in [0.3, 0.4) is 0 Å². The fourth-order valence-corrected chi connectivity index (χ4v) is 3.02. The molecule has 1 aromatic rings. The molecule has 0 fully saturated rings. The fraction of sp³-hybridized carbons (Fsp3) is 0.385. The smallest absolute Gasteiger partial charge is 0.161 e. The monoisotopic (exact) mass is 279 g/mol. The Morgan fingerprint density at radius 1 is 1.56 bits per heavy atom. The van der Waals surface area contributed by atoms with Crippen LogP contribution in [0.2, 0.25) is 5.02 Å². The molecule has 18 heavy (non-hydrogen) atoms. The molecule has 1 aromatic carbocycles. The summed E-state index contributed by atoms with van der Waals surface area (Å²) in [5, 5.41) is 13.4. The van der Waals surface area contributed by atoms with Crippen LogP contribution in [0, 0.1) is 17.2 Å². The molecule has 1 atom stereocenters. The van der Waals surface area contributed by atoms with E-state index < -0.39 is 0 Å². The number of benzene rings is 1. The molecule has 1 N–H and O–H groups in total. The second kappa shape index (κ2) is 5.64. The van der Waals surface area contributed by atoms with Crippen molar-refractivity contribution in [3.05, 3.63) is 28.8 Å². The largest absolute Gasteiger partial charge is 0.335 e. The van der Waals surface area contributed by atoms with E-state index in [1.807, 2.05) is 12.1 Å². The van der Waals surface area contributed by atoms with Gasteiger partial charge in [0.15, 0.2) is 5.17 Å². The zero-order valence-electron chi connectivity index (χ0n) is 10.3. The van der Waals surface area contributed by atoms with E-state index in [9.17, 15) is 0 Å². The van der Waals surface area contributed by atoms with Crippen LogP contribution in [-0.4, -0.2) is 17.0 Å². The number of halogens is 1. The van der Waals surface area contributed by atoms with Crippen LogP contribution >= 0.6 is 23.4 Å². The molecule has 0 saturated carbocycles. The molecule has 5 heteroatoms. The summed E-state index contributed by atoms with van der Waals surface area (Å²) in [6, 6.07) is 7.74. The van der Waals surface area contributed by atoms with E-state index in [0.717, 1.165) is 16.6 Å². The number of amidine groups is 1. The van der Waals surface area contributed by atoms with Gasteiger partial charge < -0.3 is 5.32 Å². The molecule has 0 bridgehead atoms. The minimum Gasteiger partial charge on any atom is -0.335 e. The third kappa shape index (κ3) is 2.98. The van der Waals surface area contributed by atoms with Crippen molar-refractivity contribution < 1.29 is 0 Å². The van der Waals surface area contributed by atoms with Crippen LogP contribution in [0.25, 0.3) is 0 Å². The summed E-state index contributed by atoms with van der Waals surface area (Å²) in [4.78, 5) is 4.62. The minimum absolute atomic E-state index is 0.381. The van der Waals surface area contributed by atoms with Gasteiger partial charge in [-0.25, -0.2) is 0 Å². The van der Waals surface area contributed by atoms with E-state index in [-0.39, 0.29) is 0 Å². The first-order chi connectivity index (χ1) is 8.60. The number of nitrogens with one attached hydrogen (secondary N) is 1. The standard InChI is InChI=1S/C13H14ClN3S/c1-8(2)12-7-18-13(17-12)16-10-4-3-9(6-15)11(14)5-10/h3-5,8,12H,7H2,1-2H3,(H,16,17)/t12-/m1/s1. The van der Waals surface area contributed by atoms with Crippen molar-refractivity contribution in [1.82, 2.24) is 0 Å². The Bertz CT molecular complexity index is 519. The normalized spacial score (nSPS) is 18.6. The Labute approximate surface area is 116 Å². The van der Waals surface area contributed by atoms with Crippen molar-refractivity contribution in [1.29, 1.82) is 5.26 Å². The lowest BCUT2D eigenvalue weighted by atomic mass is 10.1. The molecule has 2 rings (SSSR count). The van der Waals surface area contributed by atoms with E-state index >= 15 is 0 Å². The molecule has 1 aliphatic heterocycles. The minimum atomic E-state index is 0.381. The van der Waals surface area contributed by atoms with Gasteiger partial charge in [0.2, 0.25) is 0 Å². The molecule has 94 valence electrons. The second-order valence-corrected chi connectivity index (χ2v) is 5.90. The van der Waals surface area contributed by atoms with E-state index in [1.54, 1.807) is 23.9 Å². The Morgan fingerprint density at radius 2 is 2.33 bits per heavy atom. The van der Waals surface area contributed by atoms with Crippen molar-refractivity contribution in [2.24, 2.45) is 10.9 Å². The molecular weight excluding hydrogens is 266 g/mol. The summed E-state index contributed by atoms with van der Waals surface area (Å²) >= 11 is 7.71. The number of hydrogen-bond donors (Lipinski definition) is 1. The number of aliphatic imine (C=N–C) groups is 1. The lowest BCUT2D eigenvalue weighted by Crippen LogP contribution is -2.12. The van der Waals surface area contributed by atoms with Gasteiger partial charge in [-0.05, 0) is 24.1 Å². The highest BCUT2D eigenvalue weighted by Crippen LogP contribution is 2.26. The highest BCUT2D eigenvalue weighted by molar-refractivity contribution is 8.14. The van der Waals surface area contributed by atoms with Gasteiger partial charge in [0.25, 0.3) is 0 Å². The van der Waals surface area contributed by atoms with Crippen LogP contribution in [-0.2, 0) is 0 Å². The van der Waals surface area contributed by atoms with E-state index in [0.29, 0.717) is 22.5 Å². The van der Waals surface area contributed by atoms with E-state index in [4.69, 9.17) is 16.9 Å². The molecule has 0 aliphatic carbocycles. The van der Waals surface area contributed by atoms with Gasteiger partial charge in [-0.15, -0.1) is 0 Å². The van der Waals surface area contributed by atoms with E-state index in [2.05, 4.69) is 24.2 Å². The van der Waals surface area contributed by atoms with Crippen molar-refractivity contribution in [3.63, 3.8) is 0 Å². The Hall–Kier alpha value is -1.18. The molecule has 0 amide bonds. The predicted octanol–water partition coefficient (Wildman–Crippen LogP) is 3.75. The van der Waals surface area contributed by atoms with Gasteiger partial charge in [0, 0.05) is 11.4 Å². The average molecular weight is 280 g/mol. The van der Waals surface area contributed by atoms with Gasteiger partial charge in [-0.2, -0.15) is 5.26 Å². The number of anilines is 1. The number of nitriles is 1. The van der Waals surface area contributed by atoms with Crippen LogP contribution in [0.5, 0.6) is 0 Å². The zero-order valence-corrected chi connectivity index (χ0v) is 11.8. The van der Waals surface area contributed by atoms with Crippen molar-refractivity contribution in [2.45, 2.75) is 19.9 Å². The van der Waals surface area contributed by atoms with Crippen molar-refractivity contribution in [2.75, 3.05) is 11.1 Å². The summed E-state index contributed by atoms with van der Waals surface area (Å²) in [7, 11) is 0. The SMILES string of the molecule is CC(C)[C@H]1CSC(Nc2ccc(C#N)c(Cl)c2)=N1. The maximum Gasteiger partial charge on any atom is 0.161 e.